The molecule has 0 saturated heterocycles. The number of carbonyl (C=O) groups excluding carboxylic acids is 1. The molecule has 0 aliphatic carbocycles. The third-order valence-electron chi connectivity index (χ3n) is 1.85. The molecule has 0 aliphatic rings. The van der Waals surface area contributed by atoms with Gasteiger partial charge in [-0.05, 0) is 18.2 Å². The van der Waals surface area contributed by atoms with Gasteiger partial charge in [0, 0.05) is 11.6 Å². The van der Waals surface area contributed by atoms with Crippen molar-refractivity contribution in [2.45, 2.75) is 0 Å². The molecule has 80 valence electrons. The molecule has 0 heterocycles. The van der Waals surface area contributed by atoms with E-state index >= 15 is 0 Å². The van der Waals surface area contributed by atoms with Crippen molar-refractivity contribution in [1.29, 1.82) is 5.26 Å². The Morgan fingerprint density at radius 3 is 2.69 bits per heavy atom. The predicted octanol–water partition coefficient (Wildman–Crippen LogP) is 1.61. The molecular formula is C11H6FNO3. The zero-order valence-corrected chi connectivity index (χ0v) is 7.98. The molecular weight excluding hydrogens is 213 g/mol. The van der Waals surface area contributed by atoms with Gasteiger partial charge in [-0.15, -0.1) is 0 Å². The molecule has 0 spiro atoms. The van der Waals surface area contributed by atoms with Gasteiger partial charge in [-0.2, -0.15) is 5.26 Å². The lowest BCUT2D eigenvalue weighted by Crippen LogP contribution is -1.96. The minimum Gasteiger partial charge on any atom is -0.478 e. The van der Waals surface area contributed by atoms with Crippen LogP contribution < -0.4 is 0 Å². The number of carbonyl (C=O) groups is 2. The minimum atomic E-state index is -1.26. The summed E-state index contributed by atoms with van der Waals surface area (Å²) in [5, 5.41) is 17.1. The SMILES string of the molecule is N#Cc1ccc(C=O)c(F)c1/C=C/C(=O)O. The van der Waals surface area contributed by atoms with Gasteiger partial charge in [-0.1, -0.05) is 0 Å². The molecule has 0 unspecified atom stereocenters. The normalized spacial score (nSPS) is 10.0. The number of carboxylic acids is 1. The molecule has 0 radical (unpaired) electrons. The van der Waals surface area contributed by atoms with Crippen LogP contribution in [0.1, 0.15) is 21.5 Å². The second-order valence-corrected chi connectivity index (χ2v) is 2.83. The fourth-order valence-corrected chi connectivity index (χ4v) is 1.12. The number of hydrogen-bond acceptors (Lipinski definition) is 3. The molecule has 0 aromatic heterocycles. The van der Waals surface area contributed by atoms with E-state index in [2.05, 4.69) is 0 Å². The Morgan fingerprint density at radius 1 is 1.50 bits per heavy atom. The van der Waals surface area contributed by atoms with E-state index in [0.717, 1.165) is 6.08 Å². The highest BCUT2D eigenvalue weighted by atomic mass is 19.1. The van der Waals surface area contributed by atoms with E-state index in [0.29, 0.717) is 12.4 Å². The first-order valence-corrected chi connectivity index (χ1v) is 4.19. The maximum atomic E-state index is 13.5. The van der Waals surface area contributed by atoms with Crippen LogP contribution in [0.5, 0.6) is 0 Å². The summed E-state index contributed by atoms with van der Waals surface area (Å²) in [5.74, 6) is -2.16. The van der Waals surface area contributed by atoms with E-state index in [1.807, 2.05) is 0 Å². The van der Waals surface area contributed by atoms with Gasteiger partial charge in [-0.3, -0.25) is 4.79 Å². The summed E-state index contributed by atoms with van der Waals surface area (Å²) in [7, 11) is 0. The van der Waals surface area contributed by atoms with Gasteiger partial charge in [-0.25, -0.2) is 9.18 Å². The van der Waals surface area contributed by atoms with E-state index in [-0.39, 0.29) is 16.7 Å². The van der Waals surface area contributed by atoms with Crippen LogP contribution in [0, 0.1) is 17.1 Å². The molecule has 0 fully saturated rings. The highest BCUT2D eigenvalue weighted by molar-refractivity contribution is 5.87. The molecule has 1 N–H and O–H groups in total. The largest absolute Gasteiger partial charge is 0.478 e. The van der Waals surface area contributed by atoms with E-state index in [9.17, 15) is 14.0 Å². The number of carboxylic acid groups (broad SMARTS) is 1. The van der Waals surface area contributed by atoms with Gasteiger partial charge in [0.25, 0.3) is 0 Å². The Kier molecular flexibility index (Phi) is 3.51. The standard InChI is InChI=1S/C11H6FNO3/c12-11-8(6-14)2-1-7(5-13)9(11)3-4-10(15)16/h1-4,6H,(H,15,16)/b4-3+. The van der Waals surface area contributed by atoms with Crippen molar-refractivity contribution in [2.24, 2.45) is 0 Å². The average molecular weight is 219 g/mol. The van der Waals surface area contributed by atoms with Gasteiger partial charge in [0.2, 0.25) is 0 Å². The third-order valence-corrected chi connectivity index (χ3v) is 1.85. The summed E-state index contributed by atoms with van der Waals surface area (Å²) in [6.45, 7) is 0. The Morgan fingerprint density at radius 2 is 2.19 bits per heavy atom. The number of aldehydes is 1. The van der Waals surface area contributed by atoms with Crippen LogP contribution in [0.2, 0.25) is 0 Å². The molecule has 0 amide bonds. The summed E-state index contributed by atoms with van der Waals surface area (Å²) in [5.41, 5.74) is -0.445. The van der Waals surface area contributed by atoms with Gasteiger partial charge in [0.15, 0.2) is 6.29 Å². The van der Waals surface area contributed by atoms with Crippen molar-refractivity contribution < 1.29 is 19.1 Å². The van der Waals surface area contributed by atoms with Gasteiger partial charge in [0.1, 0.15) is 5.82 Å². The Hall–Kier alpha value is -2.48. The zero-order chi connectivity index (χ0) is 12.1. The van der Waals surface area contributed by atoms with Crippen LogP contribution in [-0.4, -0.2) is 17.4 Å². The minimum absolute atomic E-state index is 0.0272. The lowest BCUT2D eigenvalue weighted by Gasteiger charge is -2.01. The number of halogens is 1. The first-order valence-electron chi connectivity index (χ1n) is 4.19. The average Bonchev–Trinajstić information content (AvgIpc) is 2.26. The quantitative estimate of drug-likeness (QED) is 0.618. The first-order chi connectivity index (χ1) is 7.60. The summed E-state index contributed by atoms with van der Waals surface area (Å²) in [4.78, 5) is 20.7. The molecule has 0 saturated carbocycles. The van der Waals surface area contributed by atoms with Crippen LogP contribution in [-0.2, 0) is 4.79 Å². The molecule has 1 rings (SSSR count). The van der Waals surface area contributed by atoms with Crippen molar-refractivity contribution in [3.63, 3.8) is 0 Å². The second kappa shape index (κ2) is 4.84. The zero-order valence-electron chi connectivity index (χ0n) is 7.98. The Labute approximate surface area is 90.2 Å². The van der Waals surface area contributed by atoms with E-state index in [1.54, 1.807) is 6.07 Å². The van der Waals surface area contributed by atoms with Crippen molar-refractivity contribution in [1.82, 2.24) is 0 Å². The van der Waals surface area contributed by atoms with E-state index in [1.165, 1.54) is 12.1 Å². The Balaban J connectivity index is 3.39. The summed E-state index contributed by atoms with van der Waals surface area (Å²) in [6.07, 6.45) is 1.95. The van der Waals surface area contributed by atoms with Crippen LogP contribution in [0.15, 0.2) is 18.2 Å². The number of nitriles is 1. The first kappa shape index (κ1) is 11.6. The van der Waals surface area contributed by atoms with Crippen LogP contribution >= 0.6 is 0 Å². The summed E-state index contributed by atoms with van der Waals surface area (Å²) < 4.78 is 13.5. The monoisotopic (exact) mass is 219 g/mol. The number of rotatable bonds is 3. The topological polar surface area (TPSA) is 78.2 Å². The summed E-state index contributed by atoms with van der Waals surface area (Å²) >= 11 is 0. The highest BCUT2D eigenvalue weighted by Crippen LogP contribution is 2.18. The second-order valence-electron chi connectivity index (χ2n) is 2.83. The fraction of sp³-hybridized carbons (Fsp3) is 0. The predicted molar refractivity (Wildman–Crippen MR) is 53.2 cm³/mol. The van der Waals surface area contributed by atoms with Crippen molar-refractivity contribution in [3.8, 4) is 6.07 Å². The molecule has 5 heteroatoms. The number of nitrogens with zero attached hydrogens (tertiary/aromatic N) is 1. The van der Waals surface area contributed by atoms with Crippen LogP contribution in [0.4, 0.5) is 4.39 Å². The number of hydrogen-bond donors (Lipinski definition) is 1. The van der Waals surface area contributed by atoms with Crippen molar-refractivity contribution in [3.05, 3.63) is 40.7 Å². The number of aliphatic carboxylic acids is 1. The lowest BCUT2D eigenvalue weighted by atomic mass is 10.0. The van der Waals surface area contributed by atoms with Gasteiger partial charge >= 0.3 is 5.97 Å². The van der Waals surface area contributed by atoms with E-state index in [4.69, 9.17) is 10.4 Å². The molecule has 0 bridgehead atoms. The van der Waals surface area contributed by atoms with Gasteiger partial charge in [0.05, 0.1) is 17.2 Å². The molecule has 0 aliphatic heterocycles. The highest BCUT2D eigenvalue weighted by Gasteiger charge is 2.10. The maximum Gasteiger partial charge on any atom is 0.328 e. The number of benzene rings is 1. The molecule has 16 heavy (non-hydrogen) atoms. The fourth-order valence-electron chi connectivity index (χ4n) is 1.12. The molecule has 4 nitrogen and oxygen atoms in total. The van der Waals surface area contributed by atoms with E-state index < -0.39 is 11.8 Å². The molecule has 1 aromatic rings. The van der Waals surface area contributed by atoms with Gasteiger partial charge < -0.3 is 5.11 Å². The summed E-state index contributed by atoms with van der Waals surface area (Å²) in [6, 6.07) is 4.14. The van der Waals surface area contributed by atoms with Crippen molar-refractivity contribution >= 4 is 18.3 Å². The van der Waals surface area contributed by atoms with Crippen LogP contribution in [0.25, 0.3) is 6.08 Å². The Bertz CT molecular complexity index is 515. The molecule has 0 atom stereocenters. The maximum absolute atomic E-state index is 13.5. The third kappa shape index (κ3) is 2.30. The van der Waals surface area contributed by atoms with Crippen LogP contribution in [0.3, 0.4) is 0 Å². The molecule has 1 aromatic carbocycles. The smallest absolute Gasteiger partial charge is 0.328 e. The van der Waals surface area contributed by atoms with Crippen molar-refractivity contribution in [2.75, 3.05) is 0 Å². The lowest BCUT2D eigenvalue weighted by molar-refractivity contribution is -0.131.